The second kappa shape index (κ2) is 7.19. The summed E-state index contributed by atoms with van der Waals surface area (Å²) in [6, 6.07) is 4.22. The van der Waals surface area contributed by atoms with Crippen LogP contribution in [-0.4, -0.2) is 21.3 Å². The molecule has 5 nitrogen and oxygen atoms in total. The van der Waals surface area contributed by atoms with Gasteiger partial charge in [-0.05, 0) is 31.9 Å². The van der Waals surface area contributed by atoms with Crippen LogP contribution in [0.5, 0.6) is 0 Å². The van der Waals surface area contributed by atoms with Crippen LogP contribution in [0.25, 0.3) is 0 Å². The molecule has 0 radical (unpaired) electrons. The minimum Gasteiger partial charge on any atom is -0.329 e. The molecule has 23 heavy (non-hydrogen) atoms. The van der Waals surface area contributed by atoms with E-state index in [1.165, 1.54) is 5.56 Å². The highest BCUT2D eigenvalue weighted by atomic mass is 32.2. The van der Waals surface area contributed by atoms with E-state index in [0.717, 1.165) is 16.0 Å². The third kappa shape index (κ3) is 4.14. The summed E-state index contributed by atoms with van der Waals surface area (Å²) >= 11 is 1.73. The van der Waals surface area contributed by atoms with Gasteiger partial charge in [0.25, 0.3) is 5.56 Å². The number of aryl methyl sites for hydroxylation is 3. The van der Waals surface area contributed by atoms with Crippen molar-refractivity contribution < 1.29 is 0 Å². The first-order chi connectivity index (χ1) is 10.8. The van der Waals surface area contributed by atoms with Crippen molar-refractivity contribution in [3.05, 3.63) is 61.4 Å². The smallest absolute Gasteiger partial charge is 0.328 e. The highest BCUT2D eigenvalue weighted by Gasteiger charge is 2.13. The van der Waals surface area contributed by atoms with Gasteiger partial charge in [-0.15, -0.1) is 11.8 Å². The lowest BCUT2D eigenvalue weighted by Crippen LogP contribution is -2.31. The van der Waals surface area contributed by atoms with Gasteiger partial charge in [0.1, 0.15) is 0 Å². The molecule has 1 aromatic heterocycles. The number of H-pyrrole nitrogens is 1. The van der Waals surface area contributed by atoms with Crippen molar-refractivity contribution in [3.63, 3.8) is 0 Å². The Labute approximate surface area is 139 Å². The van der Waals surface area contributed by atoms with Gasteiger partial charge in [0, 0.05) is 28.5 Å². The molecule has 1 aromatic carbocycles. The maximum Gasteiger partial charge on any atom is 0.328 e. The van der Waals surface area contributed by atoms with Gasteiger partial charge in [-0.3, -0.25) is 14.3 Å². The summed E-state index contributed by atoms with van der Waals surface area (Å²) in [5.41, 5.74) is 8.95. The van der Waals surface area contributed by atoms with Gasteiger partial charge >= 0.3 is 5.69 Å². The largest absolute Gasteiger partial charge is 0.329 e. The summed E-state index contributed by atoms with van der Waals surface area (Å²) in [5.74, 6) is 0. The summed E-state index contributed by atoms with van der Waals surface area (Å²) in [6.07, 6.45) is 1.61. The molecule has 124 valence electrons. The number of hydrogen-bond donors (Lipinski definition) is 2. The molecule has 1 heterocycles. The van der Waals surface area contributed by atoms with Gasteiger partial charge < -0.3 is 5.73 Å². The fourth-order valence-corrected chi connectivity index (χ4v) is 3.52. The molecule has 0 fully saturated rings. The lowest BCUT2D eigenvalue weighted by atomic mass is 10.1. The number of hydrogen-bond acceptors (Lipinski definition) is 4. The molecule has 2 aromatic rings. The van der Waals surface area contributed by atoms with E-state index in [1.807, 2.05) is 6.92 Å². The Morgan fingerprint density at radius 2 is 1.91 bits per heavy atom. The van der Waals surface area contributed by atoms with E-state index < -0.39 is 0 Å². The van der Waals surface area contributed by atoms with Crippen LogP contribution in [0.2, 0.25) is 0 Å². The molecular formula is C17H23N3O2S. The predicted octanol–water partition coefficient (Wildman–Crippen LogP) is 1.95. The van der Waals surface area contributed by atoms with Crippen molar-refractivity contribution in [1.29, 1.82) is 0 Å². The van der Waals surface area contributed by atoms with E-state index in [0.29, 0.717) is 23.9 Å². The Kier molecular flexibility index (Phi) is 5.49. The minimum absolute atomic E-state index is 0.296. The number of nitrogens with two attached hydrogens (primary N) is 1. The number of aromatic amines is 1. The van der Waals surface area contributed by atoms with Crippen LogP contribution in [0.1, 0.15) is 29.2 Å². The second-order valence-electron chi connectivity index (χ2n) is 5.93. The average Bonchev–Trinajstić information content (AvgIpc) is 2.47. The average molecular weight is 333 g/mol. The number of nitrogens with zero attached hydrogens (tertiary/aromatic N) is 1. The molecule has 1 unspecified atom stereocenters. The molecule has 0 spiro atoms. The van der Waals surface area contributed by atoms with Gasteiger partial charge in [-0.1, -0.05) is 24.6 Å². The topological polar surface area (TPSA) is 80.9 Å². The Morgan fingerprint density at radius 3 is 2.57 bits per heavy atom. The molecule has 3 N–H and O–H groups in total. The van der Waals surface area contributed by atoms with E-state index in [-0.39, 0.29) is 11.2 Å². The third-order valence-electron chi connectivity index (χ3n) is 3.68. The molecule has 6 heteroatoms. The first-order valence-corrected chi connectivity index (χ1v) is 8.47. The predicted molar refractivity (Wildman–Crippen MR) is 95.5 cm³/mol. The van der Waals surface area contributed by atoms with Crippen molar-refractivity contribution in [2.24, 2.45) is 5.73 Å². The molecule has 1 atom stereocenters. The van der Waals surface area contributed by atoms with Crippen LogP contribution in [0, 0.1) is 20.8 Å². The Balaban J connectivity index is 2.48. The Bertz CT molecular complexity index is 824. The number of rotatable bonds is 5. The van der Waals surface area contributed by atoms with Crippen LogP contribution in [-0.2, 0) is 6.54 Å². The molecule has 0 bridgehead atoms. The number of aromatic nitrogens is 2. The Hall–Kier alpha value is -1.79. The van der Waals surface area contributed by atoms with Crippen LogP contribution in [0.3, 0.4) is 0 Å². The molecule has 0 aliphatic carbocycles. The second-order valence-corrected chi connectivity index (χ2v) is 7.38. The van der Waals surface area contributed by atoms with E-state index >= 15 is 0 Å². The maximum absolute atomic E-state index is 12.0. The molecule has 0 saturated carbocycles. The fraction of sp³-hybridized carbons (Fsp3) is 0.412. The zero-order valence-corrected chi connectivity index (χ0v) is 14.8. The molecule has 0 aliphatic heterocycles. The van der Waals surface area contributed by atoms with Crippen molar-refractivity contribution >= 4 is 11.8 Å². The van der Waals surface area contributed by atoms with E-state index in [9.17, 15) is 9.59 Å². The highest BCUT2D eigenvalue weighted by Crippen LogP contribution is 2.31. The zero-order valence-electron chi connectivity index (χ0n) is 14.0. The lowest BCUT2D eigenvalue weighted by molar-refractivity contribution is 0.703. The zero-order chi connectivity index (χ0) is 17.1. The van der Waals surface area contributed by atoms with Crippen LogP contribution < -0.4 is 17.0 Å². The quantitative estimate of drug-likeness (QED) is 0.820. The molecular weight excluding hydrogens is 310 g/mol. The van der Waals surface area contributed by atoms with Gasteiger partial charge in [-0.2, -0.15) is 0 Å². The van der Waals surface area contributed by atoms with Gasteiger partial charge in [0.15, 0.2) is 0 Å². The third-order valence-corrected chi connectivity index (χ3v) is 5.09. The summed E-state index contributed by atoms with van der Waals surface area (Å²) in [6.45, 7) is 8.92. The summed E-state index contributed by atoms with van der Waals surface area (Å²) in [4.78, 5) is 27.1. The molecule has 0 saturated heterocycles. The van der Waals surface area contributed by atoms with Crippen molar-refractivity contribution in [2.75, 3.05) is 6.54 Å². The van der Waals surface area contributed by atoms with Crippen LogP contribution >= 0.6 is 11.8 Å². The summed E-state index contributed by atoms with van der Waals surface area (Å²) in [5, 5.41) is 0.296. The number of thioether (sulfide) groups is 1. The van der Waals surface area contributed by atoms with Crippen molar-refractivity contribution in [3.8, 4) is 0 Å². The number of benzene rings is 1. The molecule has 0 aliphatic rings. The highest BCUT2D eigenvalue weighted by molar-refractivity contribution is 8.00. The summed E-state index contributed by atoms with van der Waals surface area (Å²) in [7, 11) is 0. The lowest BCUT2D eigenvalue weighted by Gasteiger charge is -2.17. The molecule has 0 amide bonds. The van der Waals surface area contributed by atoms with E-state index in [2.05, 4.69) is 31.0 Å². The van der Waals surface area contributed by atoms with Gasteiger partial charge in [0.2, 0.25) is 0 Å². The monoisotopic (exact) mass is 333 g/mol. The van der Waals surface area contributed by atoms with Crippen molar-refractivity contribution in [1.82, 2.24) is 9.55 Å². The SMILES string of the molecule is Cc1cc(C)c(SC(C)CN)c(Cn2cc(C)c(=O)[nH]c2=O)c1. The molecule has 2 rings (SSSR count). The first-order valence-electron chi connectivity index (χ1n) is 7.59. The fourth-order valence-electron chi connectivity index (χ4n) is 2.50. The number of nitrogens with one attached hydrogen (secondary N) is 1. The first kappa shape index (κ1) is 17.6. The van der Waals surface area contributed by atoms with Crippen LogP contribution in [0.4, 0.5) is 0 Å². The minimum atomic E-state index is -0.386. The van der Waals surface area contributed by atoms with E-state index in [1.54, 1.807) is 29.4 Å². The normalized spacial score (nSPS) is 12.4. The van der Waals surface area contributed by atoms with Gasteiger partial charge in [0.05, 0.1) is 6.54 Å². The maximum atomic E-state index is 12.0. The van der Waals surface area contributed by atoms with E-state index in [4.69, 9.17) is 5.73 Å². The Morgan fingerprint density at radius 1 is 1.22 bits per heavy atom. The van der Waals surface area contributed by atoms with Crippen molar-refractivity contribution in [2.45, 2.75) is 44.4 Å². The summed E-state index contributed by atoms with van der Waals surface area (Å²) < 4.78 is 1.54. The standard InChI is InChI=1S/C17H23N3O2S/c1-10-5-11(2)15(23-13(4)7-18)14(6-10)9-20-8-12(3)16(21)19-17(20)22/h5-6,8,13H,7,9,18H2,1-4H3,(H,19,21,22). The van der Waals surface area contributed by atoms with Gasteiger partial charge in [-0.25, -0.2) is 4.79 Å². The van der Waals surface area contributed by atoms with Crippen LogP contribution in [0.15, 0.2) is 32.8 Å².